The molecule has 0 unspecified atom stereocenters. The van der Waals surface area contributed by atoms with Crippen LogP contribution < -0.4 is 31.1 Å². The van der Waals surface area contributed by atoms with Gasteiger partial charge in [-0.3, -0.25) is 0 Å². The molecule has 0 bridgehead atoms. The van der Waals surface area contributed by atoms with Crippen molar-refractivity contribution in [2.45, 2.75) is 10.8 Å². The molecule has 1 aromatic heterocycles. The summed E-state index contributed by atoms with van der Waals surface area (Å²) in [4.78, 5) is 7.81. The Morgan fingerprint density at radius 2 is 0.725 bits per heavy atom. The molecular formula is C86H52BN3O. The molecule has 4 nitrogen and oxygen atoms in total. The number of hydrogen-bond acceptors (Lipinski definition) is 4. The zero-order chi connectivity index (χ0) is 59.3. The second-order valence-electron chi connectivity index (χ2n) is 25.2. The van der Waals surface area contributed by atoms with Crippen molar-refractivity contribution in [1.82, 2.24) is 0 Å². The third-order valence-corrected chi connectivity index (χ3v) is 21.2. The highest BCUT2D eigenvalue weighted by Crippen LogP contribution is 2.67. The zero-order valence-electron chi connectivity index (χ0n) is 49.3. The molecule has 2 aliphatic heterocycles. The van der Waals surface area contributed by atoms with Crippen molar-refractivity contribution < 1.29 is 4.42 Å². The van der Waals surface area contributed by atoms with Crippen molar-refractivity contribution in [3.05, 3.63) is 360 Å². The molecule has 420 valence electrons. The topological polar surface area (TPSA) is 22.9 Å². The first kappa shape index (κ1) is 49.3. The molecule has 0 radical (unpaired) electrons. The van der Waals surface area contributed by atoms with E-state index in [9.17, 15) is 0 Å². The minimum Gasteiger partial charge on any atom is -0.456 e. The smallest absolute Gasteiger partial charge is 0.252 e. The third-order valence-electron chi connectivity index (χ3n) is 21.2. The Bertz CT molecular complexity index is 5560. The van der Waals surface area contributed by atoms with Crippen LogP contribution in [0, 0.1) is 0 Å². The second-order valence-corrected chi connectivity index (χ2v) is 25.2. The summed E-state index contributed by atoms with van der Waals surface area (Å²) in [6, 6.07) is 119. The maximum Gasteiger partial charge on any atom is 0.252 e. The fourth-order valence-corrected chi connectivity index (χ4v) is 18.1. The predicted molar refractivity (Wildman–Crippen MR) is 375 cm³/mol. The Kier molecular flexibility index (Phi) is 9.76. The molecule has 15 aromatic rings. The number of para-hydroxylation sites is 4. The number of benzene rings is 14. The van der Waals surface area contributed by atoms with Crippen molar-refractivity contribution in [2.24, 2.45) is 0 Å². The fraction of sp³-hybridized carbons (Fsp3) is 0.0233. The minimum absolute atomic E-state index is 0.209. The summed E-state index contributed by atoms with van der Waals surface area (Å²) in [5, 5.41) is 2.19. The van der Waals surface area contributed by atoms with E-state index in [1.165, 1.54) is 111 Å². The summed E-state index contributed by atoms with van der Waals surface area (Å²) < 4.78 is 6.94. The molecule has 0 saturated carbocycles. The van der Waals surface area contributed by atoms with E-state index in [1.54, 1.807) is 0 Å². The van der Waals surface area contributed by atoms with E-state index < -0.39 is 10.8 Å². The van der Waals surface area contributed by atoms with Gasteiger partial charge in [-0.25, -0.2) is 0 Å². The van der Waals surface area contributed by atoms with Gasteiger partial charge >= 0.3 is 0 Å². The number of rotatable bonds is 5. The van der Waals surface area contributed by atoms with Crippen molar-refractivity contribution in [3.8, 4) is 44.5 Å². The van der Waals surface area contributed by atoms with Crippen LogP contribution in [0.25, 0.3) is 66.4 Å². The van der Waals surface area contributed by atoms with Gasteiger partial charge in [0.15, 0.2) is 0 Å². The van der Waals surface area contributed by atoms with Crippen LogP contribution in [0.4, 0.5) is 51.2 Å². The molecule has 2 spiro atoms. The molecule has 0 N–H and O–H groups in total. The van der Waals surface area contributed by atoms with Crippen molar-refractivity contribution in [3.63, 3.8) is 0 Å². The average Bonchev–Trinajstić information content (AvgIpc) is 1.52. The third kappa shape index (κ3) is 6.11. The quantitative estimate of drug-likeness (QED) is 0.160. The van der Waals surface area contributed by atoms with Crippen LogP contribution in [0.15, 0.2) is 320 Å². The number of fused-ring (bicyclic) bond motifs is 29. The maximum absolute atomic E-state index is 6.94. The molecule has 3 heterocycles. The summed E-state index contributed by atoms with van der Waals surface area (Å²) in [5.41, 5.74) is 35.0. The molecule has 0 amide bonds. The predicted octanol–water partition coefficient (Wildman–Crippen LogP) is 19.8. The van der Waals surface area contributed by atoms with E-state index in [0.29, 0.717) is 0 Å². The summed E-state index contributed by atoms with van der Waals surface area (Å²) in [6.07, 6.45) is 0. The molecule has 14 aromatic carbocycles. The molecule has 91 heavy (non-hydrogen) atoms. The lowest BCUT2D eigenvalue weighted by Gasteiger charge is -2.46. The van der Waals surface area contributed by atoms with E-state index in [1.807, 2.05) is 0 Å². The normalized spacial score (nSPS) is 14.5. The maximum atomic E-state index is 6.94. The van der Waals surface area contributed by atoms with Crippen LogP contribution in [0.1, 0.15) is 44.5 Å². The number of furan rings is 1. The summed E-state index contributed by atoms with van der Waals surface area (Å²) in [6.45, 7) is -0.209. The van der Waals surface area contributed by atoms with Gasteiger partial charge in [0.2, 0.25) is 0 Å². The molecule has 6 aliphatic rings. The Morgan fingerprint density at radius 1 is 0.308 bits per heavy atom. The molecule has 21 rings (SSSR count). The number of anilines is 9. The SMILES string of the molecule is c1ccc(N(c2cc3c4c(c2)N(c2ccccc2)c2c(ccc5oc6ccccc6c25)B4c2ccc4c(c2N3c2ccccc2)-c2ccccc2C42c3ccccc3-c3ccccc32)c2cccc3c2-c2ccccc2C32c3ccccc3-c3ccccc32)cc1. The first-order chi connectivity index (χ1) is 45.2. The van der Waals surface area contributed by atoms with Gasteiger partial charge in [-0.05, 0) is 161 Å². The highest BCUT2D eigenvalue weighted by Gasteiger charge is 2.56. The van der Waals surface area contributed by atoms with Crippen LogP contribution in [-0.4, -0.2) is 6.71 Å². The number of hydrogen-bond donors (Lipinski definition) is 0. The number of nitrogens with zero attached hydrogens (tertiary/aromatic N) is 3. The lowest BCUT2D eigenvalue weighted by molar-refractivity contribution is 0.669. The highest BCUT2D eigenvalue weighted by atomic mass is 16.3. The van der Waals surface area contributed by atoms with Crippen molar-refractivity contribution in [2.75, 3.05) is 14.7 Å². The van der Waals surface area contributed by atoms with Crippen LogP contribution in [0.5, 0.6) is 0 Å². The van der Waals surface area contributed by atoms with E-state index in [0.717, 1.165) is 67.4 Å². The lowest BCUT2D eigenvalue weighted by atomic mass is 9.33. The Balaban J connectivity index is 0.918. The summed E-state index contributed by atoms with van der Waals surface area (Å²) >= 11 is 0. The average molecular weight is 1150 g/mol. The van der Waals surface area contributed by atoms with Crippen molar-refractivity contribution in [1.29, 1.82) is 0 Å². The molecule has 5 heteroatoms. The van der Waals surface area contributed by atoms with Gasteiger partial charge in [-0.1, -0.05) is 249 Å². The molecule has 4 aliphatic carbocycles. The van der Waals surface area contributed by atoms with Crippen LogP contribution in [0.2, 0.25) is 0 Å². The largest absolute Gasteiger partial charge is 0.456 e. The van der Waals surface area contributed by atoms with Crippen LogP contribution in [-0.2, 0) is 10.8 Å². The van der Waals surface area contributed by atoms with E-state index in [2.05, 4.69) is 330 Å². The van der Waals surface area contributed by atoms with Gasteiger partial charge in [-0.15, -0.1) is 0 Å². The van der Waals surface area contributed by atoms with Gasteiger partial charge < -0.3 is 19.1 Å². The summed E-state index contributed by atoms with van der Waals surface area (Å²) in [7, 11) is 0. The van der Waals surface area contributed by atoms with E-state index in [-0.39, 0.29) is 6.71 Å². The summed E-state index contributed by atoms with van der Waals surface area (Å²) in [5.74, 6) is 0. The van der Waals surface area contributed by atoms with Gasteiger partial charge in [0.05, 0.1) is 33.3 Å². The monoisotopic (exact) mass is 1150 g/mol. The lowest BCUT2D eigenvalue weighted by Crippen LogP contribution is -2.61. The van der Waals surface area contributed by atoms with Crippen LogP contribution in [0.3, 0.4) is 0 Å². The molecular weight excluding hydrogens is 1100 g/mol. The van der Waals surface area contributed by atoms with Crippen LogP contribution >= 0.6 is 0 Å². The Labute approximate surface area is 527 Å². The first-order valence-electron chi connectivity index (χ1n) is 31.8. The fourth-order valence-electron chi connectivity index (χ4n) is 18.1. The second kappa shape index (κ2) is 18.0. The molecule has 0 fully saturated rings. The Hall–Kier alpha value is -11.7. The minimum atomic E-state index is -0.563. The highest BCUT2D eigenvalue weighted by molar-refractivity contribution is 7.00. The Morgan fingerprint density at radius 3 is 1.29 bits per heavy atom. The van der Waals surface area contributed by atoms with Crippen molar-refractivity contribution >= 4 is 96.2 Å². The van der Waals surface area contributed by atoms with Gasteiger partial charge in [-0.2, -0.15) is 0 Å². The van der Waals surface area contributed by atoms with Gasteiger partial charge in [0, 0.05) is 50.6 Å². The van der Waals surface area contributed by atoms with E-state index in [4.69, 9.17) is 4.42 Å². The standard InChI is InChI=1S/C86H52BN3O/c1-4-25-53(26-5-1)88(74-45-24-44-70-79(74)61-35-14-21-42-68(61)85(70)64-38-17-10-31-57(64)58-32-11-18-39-65(58)85)56-51-75-82-76(52-56)90(55-29-8-3-9-30-55)84-73(49-50-78-81(84)63-37-16-23-46-77(63)91-78)87(82)72-48-47-71-80(83(72)89(75)54-27-6-2-7-28-54)62-36-15-22-43-69(62)86(71)66-40-19-12-33-59(66)60-34-13-20-41-67(60)86/h1-52H. The first-order valence-corrected chi connectivity index (χ1v) is 31.8. The van der Waals surface area contributed by atoms with Gasteiger partial charge in [0.25, 0.3) is 6.71 Å². The molecule has 0 saturated heterocycles. The van der Waals surface area contributed by atoms with E-state index >= 15 is 0 Å². The molecule has 0 atom stereocenters. The zero-order valence-corrected chi connectivity index (χ0v) is 49.3. The van der Waals surface area contributed by atoms with Gasteiger partial charge in [0.1, 0.15) is 11.2 Å².